The van der Waals surface area contributed by atoms with Gasteiger partial charge in [-0.2, -0.15) is 0 Å². The predicted molar refractivity (Wildman–Crippen MR) is 78.9 cm³/mol. The fourth-order valence-corrected chi connectivity index (χ4v) is 4.79. The molecule has 0 saturated carbocycles. The highest BCUT2D eigenvalue weighted by atomic mass is 32.5. The van der Waals surface area contributed by atoms with Gasteiger partial charge in [-0.1, -0.05) is 13.3 Å². The first-order chi connectivity index (χ1) is 8.71. The average Bonchev–Trinajstić information content (AvgIpc) is 2.59. The zero-order chi connectivity index (χ0) is 14.7. The third-order valence-electron chi connectivity index (χ3n) is 2.48. The van der Waals surface area contributed by atoms with Gasteiger partial charge in [0.15, 0.2) is 0 Å². The van der Waals surface area contributed by atoms with Crippen molar-refractivity contribution in [2.45, 2.75) is 32.7 Å². The van der Waals surface area contributed by atoms with Crippen LogP contribution in [0.25, 0.3) is 0 Å². The Morgan fingerprint density at radius 3 is 2.74 bits per heavy atom. The Hall–Kier alpha value is -0.210. The summed E-state index contributed by atoms with van der Waals surface area (Å²) in [6.45, 7) is 1.13. The molecule has 2 N–H and O–H groups in total. The standard InChI is InChI=1S/C9H20N3O4PS2/c1-4-6-8-7-10-9(11-19(3,14)15)12(8)17(13,18)16-5-2/h8H,4-7H2,1-3H3,(H,10,11)(H,13,18). The van der Waals surface area contributed by atoms with Crippen LogP contribution in [0, 0.1) is 0 Å². The van der Waals surface area contributed by atoms with Crippen molar-refractivity contribution in [2.24, 2.45) is 4.99 Å². The molecule has 2 unspecified atom stereocenters. The van der Waals surface area contributed by atoms with E-state index in [1.165, 1.54) is 4.67 Å². The summed E-state index contributed by atoms with van der Waals surface area (Å²) in [4.78, 5) is 14.4. The van der Waals surface area contributed by atoms with Crippen LogP contribution in [0.1, 0.15) is 26.7 Å². The van der Waals surface area contributed by atoms with Crippen LogP contribution in [-0.2, 0) is 26.4 Å². The van der Waals surface area contributed by atoms with E-state index in [0.717, 1.165) is 19.1 Å². The summed E-state index contributed by atoms with van der Waals surface area (Å²) in [7, 11) is -3.47. The van der Waals surface area contributed by atoms with Gasteiger partial charge >= 0.3 is 0 Å². The summed E-state index contributed by atoms with van der Waals surface area (Å²) < 4.78 is 31.6. The van der Waals surface area contributed by atoms with Gasteiger partial charge in [0.05, 0.1) is 25.4 Å². The number of hydrogen-bond donors (Lipinski definition) is 2. The summed E-state index contributed by atoms with van der Waals surface area (Å²) in [5.74, 6) is 0.0835. The maximum atomic E-state index is 11.3. The molecule has 2 atom stereocenters. The Labute approximate surface area is 119 Å². The van der Waals surface area contributed by atoms with Crippen LogP contribution in [0.2, 0.25) is 0 Å². The first kappa shape index (κ1) is 16.8. The zero-order valence-corrected chi connectivity index (χ0v) is 13.8. The highest BCUT2D eigenvalue weighted by Crippen LogP contribution is 2.50. The molecule has 0 aromatic heterocycles. The fourth-order valence-electron chi connectivity index (χ4n) is 1.86. The number of nitrogens with one attached hydrogen (secondary N) is 1. The van der Waals surface area contributed by atoms with Gasteiger partial charge in [0.1, 0.15) is 0 Å². The molecule has 112 valence electrons. The smallest absolute Gasteiger partial charge is 0.290 e. The summed E-state index contributed by atoms with van der Waals surface area (Å²) >= 11 is 5.11. The van der Waals surface area contributed by atoms with Crippen LogP contribution in [0.3, 0.4) is 0 Å². The van der Waals surface area contributed by atoms with E-state index in [-0.39, 0.29) is 18.6 Å². The fraction of sp³-hybridized carbons (Fsp3) is 0.889. The van der Waals surface area contributed by atoms with Gasteiger partial charge in [0.25, 0.3) is 6.64 Å². The second kappa shape index (κ2) is 6.49. The maximum absolute atomic E-state index is 11.3. The van der Waals surface area contributed by atoms with Gasteiger partial charge in [-0.25, -0.2) is 13.4 Å². The minimum Gasteiger partial charge on any atom is -0.329 e. The molecule has 1 aliphatic heterocycles. The quantitative estimate of drug-likeness (QED) is 0.695. The highest BCUT2D eigenvalue weighted by Gasteiger charge is 2.38. The third kappa shape index (κ3) is 4.68. The Kier molecular flexibility index (Phi) is 5.76. The molecule has 1 heterocycles. The summed E-state index contributed by atoms with van der Waals surface area (Å²) in [6.07, 6.45) is 2.66. The van der Waals surface area contributed by atoms with Crippen molar-refractivity contribution in [1.82, 2.24) is 9.39 Å². The van der Waals surface area contributed by atoms with Gasteiger partial charge < -0.3 is 9.42 Å². The number of sulfonamides is 1. The first-order valence-corrected chi connectivity index (χ1v) is 10.5. The van der Waals surface area contributed by atoms with E-state index in [9.17, 15) is 13.3 Å². The van der Waals surface area contributed by atoms with Crippen molar-refractivity contribution in [1.29, 1.82) is 0 Å². The van der Waals surface area contributed by atoms with Gasteiger partial charge in [0, 0.05) is 0 Å². The van der Waals surface area contributed by atoms with E-state index >= 15 is 0 Å². The van der Waals surface area contributed by atoms with Crippen molar-refractivity contribution in [3.8, 4) is 0 Å². The van der Waals surface area contributed by atoms with E-state index in [0.29, 0.717) is 6.54 Å². The molecular formula is C9H20N3O4PS2. The van der Waals surface area contributed by atoms with E-state index in [1.807, 2.05) is 6.92 Å². The molecule has 1 rings (SSSR count). The molecule has 0 amide bonds. The number of hydrogen-bond acceptors (Lipinski definition) is 5. The van der Waals surface area contributed by atoms with Crippen molar-refractivity contribution in [3.63, 3.8) is 0 Å². The number of guanidine groups is 1. The number of nitrogens with zero attached hydrogens (tertiary/aromatic N) is 2. The highest BCUT2D eigenvalue weighted by molar-refractivity contribution is 8.08. The first-order valence-electron chi connectivity index (χ1n) is 6.00. The van der Waals surface area contributed by atoms with Gasteiger partial charge in [-0.15, -0.1) is 0 Å². The van der Waals surface area contributed by atoms with Crippen LogP contribution >= 0.6 is 6.64 Å². The van der Waals surface area contributed by atoms with Crippen LogP contribution in [0.15, 0.2) is 4.99 Å². The van der Waals surface area contributed by atoms with E-state index in [1.54, 1.807) is 6.92 Å². The van der Waals surface area contributed by atoms with Crippen molar-refractivity contribution in [2.75, 3.05) is 19.4 Å². The van der Waals surface area contributed by atoms with Crippen LogP contribution < -0.4 is 4.72 Å². The molecule has 10 heteroatoms. The monoisotopic (exact) mass is 329 g/mol. The molecule has 0 fully saturated rings. The summed E-state index contributed by atoms with van der Waals surface area (Å²) in [6, 6.07) is -0.128. The lowest BCUT2D eigenvalue weighted by molar-refractivity contribution is 0.277. The van der Waals surface area contributed by atoms with E-state index in [2.05, 4.69) is 9.71 Å². The zero-order valence-electron chi connectivity index (χ0n) is 11.2. The molecular weight excluding hydrogens is 309 g/mol. The minimum absolute atomic E-state index is 0.0835. The third-order valence-corrected chi connectivity index (χ3v) is 5.54. The van der Waals surface area contributed by atoms with Gasteiger partial charge in [0.2, 0.25) is 16.0 Å². The van der Waals surface area contributed by atoms with Crippen molar-refractivity contribution in [3.05, 3.63) is 0 Å². The van der Waals surface area contributed by atoms with E-state index in [4.69, 9.17) is 16.3 Å². The second-order valence-electron chi connectivity index (χ2n) is 4.23. The van der Waals surface area contributed by atoms with Gasteiger partial charge in [-0.05, 0) is 25.2 Å². The van der Waals surface area contributed by atoms with Gasteiger partial charge in [-0.3, -0.25) is 9.39 Å². The number of rotatable bonds is 6. The lowest BCUT2D eigenvalue weighted by Crippen LogP contribution is -2.43. The Morgan fingerprint density at radius 1 is 1.63 bits per heavy atom. The molecule has 0 aliphatic carbocycles. The average molecular weight is 329 g/mol. The SMILES string of the molecule is CCCC1CN=C(NS(C)(=O)=O)N1P(O)(=S)OCC. The lowest BCUT2D eigenvalue weighted by atomic mass is 10.2. The molecule has 7 nitrogen and oxygen atoms in total. The van der Waals surface area contributed by atoms with E-state index < -0.39 is 16.7 Å². The minimum atomic E-state index is -3.47. The van der Waals surface area contributed by atoms with Crippen LogP contribution in [0.5, 0.6) is 0 Å². The number of aliphatic imine (C=N–C) groups is 1. The molecule has 0 bridgehead atoms. The molecule has 0 spiro atoms. The Bertz CT molecular complexity index is 494. The Balaban J connectivity index is 3.01. The van der Waals surface area contributed by atoms with Crippen molar-refractivity contribution >= 4 is 34.4 Å². The second-order valence-corrected chi connectivity index (χ2v) is 9.08. The van der Waals surface area contributed by atoms with Crippen molar-refractivity contribution < 1.29 is 17.8 Å². The largest absolute Gasteiger partial charge is 0.329 e. The molecule has 0 radical (unpaired) electrons. The lowest BCUT2D eigenvalue weighted by Gasteiger charge is -2.33. The summed E-state index contributed by atoms with van der Waals surface area (Å²) in [5.41, 5.74) is 0. The van der Waals surface area contributed by atoms with Crippen LogP contribution in [0.4, 0.5) is 0 Å². The predicted octanol–water partition coefficient (Wildman–Crippen LogP) is 0.629. The summed E-state index contributed by atoms with van der Waals surface area (Å²) in [5, 5.41) is 0. The molecule has 0 aromatic rings. The Morgan fingerprint density at radius 2 is 2.26 bits per heavy atom. The topological polar surface area (TPSA) is 91.2 Å². The maximum Gasteiger partial charge on any atom is 0.290 e. The molecule has 0 saturated heterocycles. The molecule has 19 heavy (non-hydrogen) atoms. The molecule has 1 aliphatic rings. The normalized spacial score (nSPS) is 23.1. The van der Waals surface area contributed by atoms with Crippen LogP contribution in [-0.4, -0.2) is 49.4 Å². The molecule has 0 aromatic carbocycles.